The Morgan fingerprint density at radius 2 is 1.04 bits per heavy atom. The van der Waals surface area contributed by atoms with Crippen LogP contribution in [0.3, 0.4) is 0 Å². The van der Waals surface area contributed by atoms with Gasteiger partial charge in [-0.05, 0) is 70.3 Å². The van der Waals surface area contributed by atoms with Crippen molar-refractivity contribution in [2.45, 2.75) is 0 Å². The molecule has 0 fully saturated rings. The van der Waals surface area contributed by atoms with Crippen LogP contribution in [0.25, 0.3) is 109 Å². The highest BCUT2D eigenvalue weighted by Gasteiger charge is 2.19. The first-order valence-corrected chi connectivity index (χ1v) is 19.5. The number of fused-ring (bicyclic) bond motifs is 6. The van der Waals surface area contributed by atoms with Gasteiger partial charge < -0.3 is 4.42 Å². The van der Waals surface area contributed by atoms with E-state index in [0.29, 0.717) is 5.82 Å². The van der Waals surface area contributed by atoms with Crippen LogP contribution in [0.1, 0.15) is 0 Å². The van der Waals surface area contributed by atoms with Crippen molar-refractivity contribution in [3.63, 3.8) is 0 Å². The number of nitrogens with zero attached hydrogens (tertiary/aromatic N) is 3. The summed E-state index contributed by atoms with van der Waals surface area (Å²) in [5.41, 5.74) is 13.1. The zero-order valence-electron chi connectivity index (χ0n) is 30.1. The van der Waals surface area contributed by atoms with E-state index in [1.807, 2.05) is 60.1 Å². The van der Waals surface area contributed by atoms with Crippen molar-refractivity contribution in [2.75, 3.05) is 0 Å². The molecule has 56 heavy (non-hydrogen) atoms. The summed E-state index contributed by atoms with van der Waals surface area (Å²) in [6.07, 6.45) is 3.65. The van der Waals surface area contributed by atoms with Crippen molar-refractivity contribution >= 4 is 53.4 Å². The fraction of sp³-hybridized carbons (Fsp3) is 0. The summed E-state index contributed by atoms with van der Waals surface area (Å²) >= 11 is 1.84. The van der Waals surface area contributed by atoms with Gasteiger partial charge in [-0.15, -0.1) is 11.3 Å². The molecule has 0 saturated heterocycles. The smallest absolute Gasteiger partial charge is 0.160 e. The lowest BCUT2D eigenvalue weighted by atomic mass is 9.94. The van der Waals surface area contributed by atoms with Gasteiger partial charge in [0.15, 0.2) is 5.82 Å². The second-order valence-corrected chi connectivity index (χ2v) is 15.0. The van der Waals surface area contributed by atoms with E-state index >= 15 is 0 Å². The summed E-state index contributed by atoms with van der Waals surface area (Å²) in [6.45, 7) is 0. The predicted molar refractivity (Wildman–Crippen MR) is 233 cm³/mol. The molecule has 4 aromatic heterocycles. The molecule has 0 spiro atoms. The molecule has 0 aliphatic rings. The molecule has 7 aromatic carbocycles. The quantitative estimate of drug-likeness (QED) is 0.171. The topological polar surface area (TPSA) is 51.8 Å². The number of aromatic nitrogens is 3. The van der Waals surface area contributed by atoms with Crippen molar-refractivity contribution in [2.24, 2.45) is 0 Å². The Bertz CT molecular complexity index is 3240. The van der Waals surface area contributed by atoms with Crippen LogP contribution >= 0.6 is 11.3 Å². The Labute approximate surface area is 327 Å². The van der Waals surface area contributed by atoms with Crippen LogP contribution in [0.5, 0.6) is 0 Å². The second kappa shape index (κ2) is 13.3. The first-order valence-electron chi connectivity index (χ1n) is 18.7. The molecule has 0 atom stereocenters. The van der Waals surface area contributed by atoms with E-state index in [2.05, 4.69) is 145 Å². The maximum Gasteiger partial charge on any atom is 0.160 e. The number of furan rings is 1. The van der Waals surface area contributed by atoms with Crippen LogP contribution in [0.15, 0.2) is 193 Å². The minimum absolute atomic E-state index is 0.665. The van der Waals surface area contributed by atoms with Gasteiger partial charge in [0.1, 0.15) is 11.2 Å². The number of pyridine rings is 1. The molecule has 4 heterocycles. The summed E-state index contributed by atoms with van der Waals surface area (Å²) in [6, 6.07) is 61.7. The molecule has 262 valence electrons. The molecule has 0 radical (unpaired) electrons. The largest absolute Gasteiger partial charge is 0.455 e. The zero-order valence-corrected chi connectivity index (χ0v) is 30.9. The third-order valence-electron chi connectivity index (χ3n) is 10.7. The van der Waals surface area contributed by atoms with Gasteiger partial charge in [0, 0.05) is 65.6 Å². The summed E-state index contributed by atoms with van der Waals surface area (Å²) in [5, 5.41) is 4.83. The van der Waals surface area contributed by atoms with E-state index in [0.717, 1.165) is 77.8 Å². The van der Waals surface area contributed by atoms with Crippen LogP contribution in [-0.4, -0.2) is 15.0 Å². The number of thiophene rings is 1. The fourth-order valence-electron chi connectivity index (χ4n) is 7.95. The van der Waals surface area contributed by atoms with Gasteiger partial charge in [0.05, 0.1) is 11.4 Å². The van der Waals surface area contributed by atoms with E-state index in [1.165, 1.54) is 25.7 Å². The maximum absolute atomic E-state index is 6.70. The van der Waals surface area contributed by atoms with Crippen molar-refractivity contribution < 1.29 is 4.42 Å². The lowest BCUT2D eigenvalue weighted by Gasteiger charge is -2.13. The van der Waals surface area contributed by atoms with Crippen molar-refractivity contribution in [3.05, 3.63) is 188 Å². The molecule has 5 heteroatoms. The van der Waals surface area contributed by atoms with Gasteiger partial charge in [0.25, 0.3) is 0 Å². The SMILES string of the molecule is c1ccc(-c2cc(-c3ccccc3-c3ccncc3)nc(-c3ccc(-c4ccc(-c5ccc6c(c5)sc5ccccc56)c5c4oc4ccccc45)cc3)n2)cc1. The van der Waals surface area contributed by atoms with Crippen LogP contribution < -0.4 is 0 Å². The van der Waals surface area contributed by atoms with Crippen LogP contribution in [-0.2, 0) is 0 Å². The molecule has 11 aromatic rings. The third-order valence-corrected chi connectivity index (χ3v) is 11.8. The minimum Gasteiger partial charge on any atom is -0.455 e. The molecule has 0 amide bonds. The lowest BCUT2D eigenvalue weighted by molar-refractivity contribution is 0.670. The highest BCUT2D eigenvalue weighted by molar-refractivity contribution is 7.25. The molecule has 0 N–H and O–H groups in total. The average Bonchev–Trinajstić information content (AvgIpc) is 3.85. The molecule has 0 unspecified atom stereocenters. The average molecular weight is 734 g/mol. The van der Waals surface area contributed by atoms with Gasteiger partial charge in [-0.3, -0.25) is 4.98 Å². The molecule has 11 rings (SSSR count). The monoisotopic (exact) mass is 733 g/mol. The Kier molecular flexibility index (Phi) is 7.64. The molecule has 4 nitrogen and oxygen atoms in total. The van der Waals surface area contributed by atoms with Gasteiger partial charge in [-0.25, -0.2) is 9.97 Å². The summed E-state index contributed by atoms with van der Waals surface area (Å²) < 4.78 is 9.29. The van der Waals surface area contributed by atoms with Crippen LogP contribution in [0.4, 0.5) is 0 Å². The minimum atomic E-state index is 0.665. The van der Waals surface area contributed by atoms with E-state index in [4.69, 9.17) is 14.4 Å². The van der Waals surface area contributed by atoms with Gasteiger partial charge in [-0.2, -0.15) is 0 Å². The Balaban J connectivity index is 1.03. The standard InChI is InChI=1S/C51H31N3OS/c1-2-10-34(11-3-1)44-31-45(40-13-5-4-12-37(40)33-26-28-52-29-27-33)54-51(53-44)35-20-18-32(19-21-35)39-25-24-38(49-43-15-6-8-16-46(43)55-50(39)49)36-22-23-42-41-14-7-9-17-47(41)56-48(42)30-36/h1-31H. The van der Waals surface area contributed by atoms with E-state index in [-0.39, 0.29) is 0 Å². The van der Waals surface area contributed by atoms with Gasteiger partial charge in [-0.1, -0.05) is 133 Å². The molecule has 0 bridgehead atoms. The Morgan fingerprint density at radius 3 is 1.89 bits per heavy atom. The molecule has 0 aliphatic carbocycles. The fourth-order valence-corrected chi connectivity index (χ4v) is 9.09. The number of rotatable bonds is 6. The van der Waals surface area contributed by atoms with E-state index in [1.54, 1.807) is 0 Å². The highest BCUT2D eigenvalue weighted by Crippen LogP contribution is 2.44. The Morgan fingerprint density at radius 1 is 0.393 bits per heavy atom. The molecule has 0 saturated carbocycles. The number of benzene rings is 7. The number of hydrogen-bond donors (Lipinski definition) is 0. The van der Waals surface area contributed by atoms with Gasteiger partial charge in [0.2, 0.25) is 0 Å². The number of hydrogen-bond acceptors (Lipinski definition) is 5. The van der Waals surface area contributed by atoms with Crippen molar-refractivity contribution in [3.8, 4) is 67.3 Å². The predicted octanol–water partition coefficient (Wildman–Crippen LogP) is 14.1. The van der Waals surface area contributed by atoms with Crippen molar-refractivity contribution in [1.82, 2.24) is 15.0 Å². The first-order chi connectivity index (χ1) is 27.7. The lowest BCUT2D eigenvalue weighted by Crippen LogP contribution is -1.97. The second-order valence-electron chi connectivity index (χ2n) is 14.0. The molecule has 0 aliphatic heterocycles. The summed E-state index contributed by atoms with van der Waals surface area (Å²) in [7, 11) is 0. The number of para-hydroxylation sites is 1. The van der Waals surface area contributed by atoms with Crippen LogP contribution in [0.2, 0.25) is 0 Å². The highest BCUT2D eigenvalue weighted by atomic mass is 32.1. The first kappa shape index (κ1) is 32.2. The van der Waals surface area contributed by atoms with Crippen molar-refractivity contribution in [1.29, 1.82) is 0 Å². The summed E-state index contributed by atoms with van der Waals surface area (Å²) in [5.74, 6) is 0.665. The normalized spacial score (nSPS) is 11.6. The van der Waals surface area contributed by atoms with Gasteiger partial charge >= 0.3 is 0 Å². The molecular weight excluding hydrogens is 703 g/mol. The van der Waals surface area contributed by atoms with E-state index in [9.17, 15) is 0 Å². The molecular formula is C51H31N3OS. The zero-order chi connectivity index (χ0) is 37.0. The summed E-state index contributed by atoms with van der Waals surface area (Å²) in [4.78, 5) is 14.6. The third kappa shape index (κ3) is 5.48. The Hall–Kier alpha value is -7.21. The van der Waals surface area contributed by atoms with Crippen LogP contribution in [0, 0.1) is 0 Å². The van der Waals surface area contributed by atoms with E-state index < -0.39 is 0 Å². The maximum atomic E-state index is 6.70.